The van der Waals surface area contributed by atoms with Gasteiger partial charge in [-0.25, -0.2) is 4.99 Å². The van der Waals surface area contributed by atoms with E-state index >= 15 is 0 Å². The number of amidine groups is 1. The van der Waals surface area contributed by atoms with E-state index in [9.17, 15) is 5.11 Å². The number of aliphatic imine (C=N–C) groups is 1. The SMILES string of the molecule is CC1=C(N)C(CC(O)CN)C(N)=N1. The van der Waals surface area contributed by atoms with Gasteiger partial charge >= 0.3 is 0 Å². The van der Waals surface area contributed by atoms with Gasteiger partial charge in [0, 0.05) is 12.2 Å². The van der Waals surface area contributed by atoms with E-state index in [1.807, 2.05) is 0 Å². The zero-order valence-electron chi connectivity index (χ0n) is 7.70. The third kappa shape index (κ3) is 1.99. The maximum atomic E-state index is 9.33. The lowest BCUT2D eigenvalue weighted by atomic mass is 9.98. The highest BCUT2D eigenvalue weighted by molar-refractivity contribution is 5.88. The molecule has 0 saturated carbocycles. The van der Waals surface area contributed by atoms with Crippen LogP contribution in [0.2, 0.25) is 0 Å². The van der Waals surface area contributed by atoms with Crippen LogP contribution in [0.1, 0.15) is 13.3 Å². The third-order valence-electron chi connectivity index (χ3n) is 2.23. The Morgan fingerprint density at radius 1 is 1.54 bits per heavy atom. The van der Waals surface area contributed by atoms with Crippen LogP contribution in [-0.2, 0) is 0 Å². The summed E-state index contributed by atoms with van der Waals surface area (Å²) in [7, 11) is 0. The Hall–Kier alpha value is -1.07. The number of rotatable bonds is 3. The minimum Gasteiger partial charge on any atom is -0.400 e. The van der Waals surface area contributed by atoms with Gasteiger partial charge in [-0.3, -0.25) is 0 Å². The van der Waals surface area contributed by atoms with Gasteiger partial charge in [0.05, 0.1) is 17.7 Å². The maximum Gasteiger partial charge on any atom is 0.108 e. The Bertz CT molecular complexity index is 259. The Kier molecular flexibility index (Phi) is 2.90. The molecule has 13 heavy (non-hydrogen) atoms. The molecule has 0 aromatic heterocycles. The van der Waals surface area contributed by atoms with Crippen LogP contribution < -0.4 is 17.2 Å². The van der Waals surface area contributed by atoms with Crippen LogP contribution in [0.25, 0.3) is 0 Å². The summed E-state index contributed by atoms with van der Waals surface area (Å²) in [6.45, 7) is 2.02. The van der Waals surface area contributed by atoms with E-state index in [1.54, 1.807) is 6.92 Å². The molecule has 0 saturated heterocycles. The first-order valence-corrected chi connectivity index (χ1v) is 4.24. The van der Waals surface area contributed by atoms with Crippen LogP contribution in [-0.4, -0.2) is 23.6 Å². The van der Waals surface area contributed by atoms with E-state index in [0.29, 0.717) is 18.0 Å². The van der Waals surface area contributed by atoms with Gasteiger partial charge in [0.1, 0.15) is 5.84 Å². The molecule has 1 aliphatic heterocycles. The molecule has 1 aliphatic rings. The second-order valence-corrected chi connectivity index (χ2v) is 3.26. The molecule has 0 spiro atoms. The molecule has 74 valence electrons. The molecular weight excluding hydrogens is 168 g/mol. The van der Waals surface area contributed by atoms with E-state index in [-0.39, 0.29) is 12.5 Å². The Labute approximate surface area is 77.3 Å². The fourth-order valence-corrected chi connectivity index (χ4v) is 1.36. The summed E-state index contributed by atoms with van der Waals surface area (Å²) in [6, 6.07) is 0. The number of allylic oxidation sites excluding steroid dienone is 1. The predicted octanol–water partition coefficient (Wildman–Crippen LogP) is -1.13. The van der Waals surface area contributed by atoms with Gasteiger partial charge in [0.15, 0.2) is 0 Å². The lowest BCUT2D eigenvalue weighted by Crippen LogP contribution is -2.31. The first-order chi connectivity index (χ1) is 6.06. The average molecular weight is 184 g/mol. The van der Waals surface area contributed by atoms with E-state index in [0.717, 1.165) is 5.70 Å². The second-order valence-electron chi connectivity index (χ2n) is 3.26. The van der Waals surface area contributed by atoms with Crippen molar-refractivity contribution >= 4 is 5.84 Å². The van der Waals surface area contributed by atoms with Crippen molar-refractivity contribution in [2.45, 2.75) is 19.4 Å². The molecule has 2 unspecified atom stereocenters. The predicted molar refractivity (Wildman–Crippen MR) is 51.7 cm³/mol. The van der Waals surface area contributed by atoms with Gasteiger partial charge in [-0.1, -0.05) is 0 Å². The maximum absolute atomic E-state index is 9.33. The third-order valence-corrected chi connectivity index (χ3v) is 2.23. The standard InChI is InChI=1S/C8H16N4O/c1-4-7(10)6(8(11)12-4)2-5(13)3-9/h5-6,13H,2-3,9-10H2,1H3,(H2,11,12). The molecule has 0 radical (unpaired) electrons. The van der Waals surface area contributed by atoms with Crippen molar-refractivity contribution in [1.82, 2.24) is 0 Å². The lowest BCUT2D eigenvalue weighted by molar-refractivity contribution is 0.165. The first kappa shape index (κ1) is 10.0. The number of aliphatic hydroxyl groups is 1. The van der Waals surface area contributed by atoms with E-state index in [2.05, 4.69) is 4.99 Å². The quantitative estimate of drug-likeness (QED) is 0.445. The molecule has 0 fully saturated rings. The van der Waals surface area contributed by atoms with Crippen molar-refractivity contribution in [3.63, 3.8) is 0 Å². The van der Waals surface area contributed by atoms with Gasteiger partial charge in [-0.2, -0.15) is 0 Å². The molecule has 0 aromatic rings. The summed E-state index contributed by atoms with van der Waals surface area (Å²) in [5.74, 6) is 0.334. The molecule has 7 N–H and O–H groups in total. The topological polar surface area (TPSA) is 111 Å². The van der Waals surface area contributed by atoms with Crippen molar-refractivity contribution in [1.29, 1.82) is 0 Å². The van der Waals surface area contributed by atoms with Gasteiger partial charge in [-0.15, -0.1) is 0 Å². The van der Waals surface area contributed by atoms with Gasteiger partial charge < -0.3 is 22.3 Å². The van der Waals surface area contributed by atoms with Crippen LogP contribution in [0.5, 0.6) is 0 Å². The van der Waals surface area contributed by atoms with Gasteiger partial charge in [-0.05, 0) is 13.3 Å². The van der Waals surface area contributed by atoms with Crippen molar-refractivity contribution in [2.24, 2.45) is 28.1 Å². The zero-order chi connectivity index (χ0) is 10.0. The molecule has 0 aliphatic carbocycles. The summed E-state index contributed by atoms with van der Waals surface area (Å²) >= 11 is 0. The number of nitrogens with two attached hydrogens (primary N) is 3. The lowest BCUT2D eigenvalue weighted by Gasteiger charge is -2.15. The monoisotopic (exact) mass is 184 g/mol. The van der Waals surface area contributed by atoms with Crippen LogP contribution >= 0.6 is 0 Å². The minimum absolute atomic E-state index is 0.140. The Morgan fingerprint density at radius 2 is 2.15 bits per heavy atom. The zero-order valence-corrected chi connectivity index (χ0v) is 7.70. The Morgan fingerprint density at radius 3 is 2.54 bits per heavy atom. The molecule has 1 heterocycles. The largest absolute Gasteiger partial charge is 0.400 e. The highest BCUT2D eigenvalue weighted by Gasteiger charge is 2.25. The van der Waals surface area contributed by atoms with Crippen molar-refractivity contribution in [3.05, 3.63) is 11.4 Å². The fourth-order valence-electron chi connectivity index (χ4n) is 1.36. The van der Waals surface area contributed by atoms with Crippen LogP contribution in [0.15, 0.2) is 16.4 Å². The van der Waals surface area contributed by atoms with Crippen molar-refractivity contribution < 1.29 is 5.11 Å². The van der Waals surface area contributed by atoms with E-state index in [4.69, 9.17) is 17.2 Å². The van der Waals surface area contributed by atoms with Gasteiger partial charge in [0.25, 0.3) is 0 Å². The highest BCUT2D eigenvalue weighted by atomic mass is 16.3. The molecule has 0 aromatic carbocycles. The van der Waals surface area contributed by atoms with Crippen molar-refractivity contribution in [2.75, 3.05) is 6.54 Å². The second kappa shape index (κ2) is 3.76. The number of aliphatic hydroxyl groups excluding tert-OH is 1. The highest BCUT2D eigenvalue weighted by Crippen LogP contribution is 2.23. The smallest absolute Gasteiger partial charge is 0.108 e. The molecule has 5 heteroatoms. The molecular formula is C8H16N4O. The summed E-state index contributed by atoms with van der Waals surface area (Å²) < 4.78 is 0. The Balaban J connectivity index is 2.66. The molecule has 5 nitrogen and oxygen atoms in total. The summed E-state index contributed by atoms with van der Waals surface area (Å²) in [6.07, 6.45) is -0.113. The van der Waals surface area contributed by atoms with Gasteiger partial charge in [0.2, 0.25) is 0 Å². The molecule has 2 atom stereocenters. The number of hydrogen-bond donors (Lipinski definition) is 4. The summed E-state index contributed by atoms with van der Waals surface area (Å²) in [4.78, 5) is 4.04. The van der Waals surface area contributed by atoms with E-state index < -0.39 is 6.10 Å². The summed E-state index contributed by atoms with van der Waals surface area (Å²) in [5.41, 5.74) is 18.1. The average Bonchev–Trinajstić information content (AvgIpc) is 2.32. The molecule has 1 rings (SSSR count). The van der Waals surface area contributed by atoms with Crippen LogP contribution in [0.3, 0.4) is 0 Å². The number of nitrogens with zero attached hydrogens (tertiary/aromatic N) is 1. The molecule has 0 amide bonds. The minimum atomic E-state index is -0.566. The van der Waals surface area contributed by atoms with Crippen LogP contribution in [0.4, 0.5) is 0 Å². The number of hydrogen-bond acceptors (Lipinski definition) is 5. The van der Waals surface area contributed by atoms with Crippen LogP contribution in [0, 0.1) is 5.92 Å². The molecule has 0 bridgehead atoms. The fraction of sp³-hybridized carbons (Fsp3) is 0.625. The van der Waals surface area contributed by atoms with E-state index in [1.165, 1.54) is 0 Å². The van der Waals surface area contributed by atoms with Crippen molar-refractivity contribution in [3.8, 4) is 0 Å². The first-order valence-electron chi connectivity index (χ1n) is 4.24. The normalized spacial score (nSPS) is 24.8. The summed E-state index contributed by atoms with van der Waals surface area (Å²) in [5, 5.41) is 9.33.